The van der Waals surface area contributed by atoms with Crippen LogP contribution < -0.4 is 0 Å². The number of halogens is 2. The van der Waals surface area contributed by atoms with Crippen molar-refractivity contribution >= 4 is 11.6 Å². The summed E-state index contributed by atoms with van der Waals surface area (Å²) in [7, 11) is 0. The molecule has 0 fully saturated rings. The maximum atomic E-state index is 13.3. The molecule has 6 heteroatoms. The smallest absolute Gasteiger partial charge is 0.223 e. The second-order valence-electron chi connectivity index (χ2n) is 2.69. The maximum absolute atomic E-state index is 13.3. The minimum atomic E-state index is -0.554. The summed E-state index contributed by atoms with van der Waals surface area (Å²) < 4.78 is 14.6. The summed E-state index contributed by atoms with van der Waals surface area (Å²) in [4.78, 5) is 7.27. The van der Waals surface area contributed by atoms with Crippen LogP contribution in [-0.2, 0) is 0 Å². The number of aromatic nitrogens is 4. The largest absolute Gasteiger partial charge is 0.224 e. The summed E-state index contributed by atoms with van der Waals surface area (Å²) in [5.74, 6) is -0.492. The molecule has 0 aliphatic heterocycles. The lowest BCUT2D eigenvalue weighted by Crippen LogP contribution is -2.05. The molecule has 0 amide bonds. The third-order valence-corrected chi connectivity index (χ3v) is 1.91. The molecule has 0 aliphatic carbocycles. The van der Waals surface area contributed by atoms with Crippen molar-refractivity contribution in [2.24, 2.45) is 0 Å². The standard InChI is InChI=1S/C8H6ClFN4/c1-5-2-3-12-14(5)7-6(10)4-11-8(9)13-7/h2-4H,1H3. The van der Waals surface area contributed by atoms with E-state index in [1.807, 2.05) is 0 Å². The van der Waals surface area contributed by atoms with Gasteiger partial charge in [-0.15, -0.1) is 0 Å². The van der Waals surface area contributed by atoms with E-state index in [1.54, 1.807) is 19.2 Å². The van der Waals surface area contributed by atoms with Crippen molar-refractivity contribution < 1.29 is 4.39 Å². The van der Waals surface area contributed by atoms with Gasteiger partial charge >= 0.3 is 0 Å². The van der Waals surface area contributed by atoms with Gasteiger partial charge in [-0.3, -0.25) is 0 Å². The third kappa shape index (κ3) is 1.46. The monoisotopic (exact) mass is 212 g/mol. The van der Waals surface area contributed by atoms with Crippen molar-refractivity contribution in [3.05, 3.63) is 35.3 Å². The molecule has 2 heterocycles. The van der Waals surface area contributed by atoms with Crippen LogP contribution in [0.1, 0.15) is 5.69 Å². The van der Waals surface area contributed by atoms with Crippen LogP contribution in [0.15, 0.2) is 18.5 Å². The van der Waals surface area contributed by atoms with Crippen molar-refractivity contribution in [1.29, 1.82) is 0 Å². The maximum Gasteiger partial charge on any atom is 0.224 e. The molecule has 2 aromatic heterocycles. The molecule has 0 N–H and O–H groups in total. The Morgan fingerprint density at radius 3 is 2.93 bits per heavy atom. The molecule has 0 saturated heterocycles. The summed E-state index contributed by atoms with van der Waals surface area (Å²) in [5, 5.41) is 3.91. The predicted molar refractivity (Wildman–Crippen MR) is 48.9 cm³/mol. The SMILES string of the molecule is Cc1ccnn1-c1nc(Cl)ncc1F. The van der Waals surface area contributed by atoms with E-state index >= 15 is 0 Å². The Kier molecular flexibility index (Phi) is 2.17. The summed E-state index contributed by atoms with van der Waals surface area (Å²) in [5.41, 5.74) is 0.777. The summed E-state index contributed by atoms with van der Waals surface area (Å²) in [6.07, 6.45) is 2.58. The van der Waals surface area contributed by atoms with E-state index in [0.29, 0.717) is 0 Å². The van der Waals surface area contributed by atoms with Crippen molar-refractivity contribution in [3.8, 4) is 5.82 Å². The Bertz CT molecular complexity index is 468. The van der Waals surface area contributed by atoms with E-state index in [1.165, 1.54) is 4.68 Å². The second-order valence-corrected chi connectivity index (χ2v) is 3.03. The Hall–Kier alpha value is -1.49. The van der Waals surface area contributed by atoms with E-state index in [2.05, 4.69) is 15.1 Å². The highest BCUT2D eigenvalue weighted by atomic mass is 35.5. The Labute approximate surface area is 84.4 Å². The van der Waals surface area contributed by atoms with Crippen molar-refractivity contribution in [3.63, 3.8) is 0 Å². The minimum absolute atomic E-state index is 0.00343. The van der Waals surface area contributed by atoms with Gasteiger partial charge in [0, 0.05) is 11.9 Å². The molecule has 72 valence electrons. The van der Waals surface area contributed by atoms with Crippen molar-refractivity contribution in [2.45, 2.75) is 6.92 Å². The normalized spacial score (nSPS) is 10.5. The van der Waals surface area contributed by atoms with Crippen LogP contribution in [0.5, 0.6) is 0 Å². The molecule has 2 aromatic rings. The average Bonchev–Trinajstić information content (AvgIpc) is 2.56. The molecule has 0 unspecified atom stereocenters. The highest BCUT2D eigenvalue weighted by Crippen LogP contribution is 2.12. The number of hydrogen-bond acceptors (Lipinski definition) is 3. The van der Waals surface area contributed by atoms with Gasteiger partial charge < -0.3 is 0 Å². The first-order chi connectivity index (χ1) is 6.68. The van der Waals surface area contributed by atoms with Crippen LogP contribution in [-0.4, -0.2) is 19.7 Å². The first kappa shape index (κ1) is 9.08. The third-order valence-electron chi connectivity index (χ3n) is 1.73. The van der Waals surface area contributed by atoms with Crippen molar-refractivity contribution in [1.82, 2.24) is 19.7 Å². The average molecular weight is 213 g/mol. The fourth-order valence-corrected chi connectivity index (χ4v) is 1.21. The Morgan fingerprint density at radius 2 is 2.29 bits per heavy atom. The van der Waals surface area contributed by atoms with Gasteiger partial charge in [-0.2, -0.15) is 10.1 Å². The zero-order valence-corrected chi connectivity index (χ0v) is 8.03. The lowest BCUT2D eigenvalue weighted by atomic mass is 10.4. The van der Waals surface area contributed by atoms with E-state index < -0.39 is 5.82 Å². The van der Waals surface area contributed by atoms with Gasteiger partial charge in [0.1, 0.15) is 0 Å². The first-order valence-corrected chi connectivity index (χ1v) is 4.25. The molecule has 0 aromatic carbocycles. The summed E-state index contributed by atoms with van der Waals surface area (Å²) >= 11 is 5.56. The van der Waals surface area contributed by atoms with Crippen molar-refractivity contribution in [2.75, 3.05) is 0 Å². The van der Waals surface area contributed by atoms with Crippen LogP contribution in [0.3, 0.4) is 0 Å². The molecule has 0 bridgehead atoms. The molecule has 0 spiro atoms. The van der Waals surface area contributed by atoms with E-state index in [0.717, 1.165) is 11.9 Å². The van der Waals surface area contributed by atoms with Gasteiger partial charge in [0.05, 0.1) is 6.20 Å². The first-order valence-electron chi connectivity index (χ1n) is 3.87. The Balaban J connectivity index is 2.62. The van der Waals surface area contributed by atoms with Crippen LogP contribution >= 0.6 is 11.6 Å². The van der Waals surface area contributed by atoms with Gasteiger partial charge in [-0.1, -0.05) is 0 Å². The number of rotatable bonds is 1. The molecule has 0 aliphatic rings. The lowest BCUT2D eigenvalue weighted by molar-refractivity contribution is 0.590. The van der Waals surface area contributed by atoms with E-state index in [-0.39, 0.29) is 11.1 Å². The predicted octanol–water partition coefficient (Wildman–Crippen LogP) is 1.76. The van der Waals surface area contributed by atoms with Crippen LogP contribution in [0, 0.1) is 12.7 Å². The van der Waals surface area contributed by atoms with Gasteiger partial charge in [0.25, 0.3) is 0 Å². The van der Waals surface area contributed by atoms with Crippen LogP contribution in [0.2, 0.25) is 5.28 Å². The van der Waals surface area contributed by atoms with Crippen LogP contribution in [0.25, 0.3) is 5.82 Å². The highest BCUT2D eigenvalue weighted by molar-refractivity contribution is 6.28. The summed E-state index contributed by atoms with van der Waals surface area (Å²) in [6.45, 7) is 1.79. The second kappa shape index (κ2) is 3.34. The quantitative estimate of drug-likeness (QED) is 0.677. The fraction of sp³-hybridized carbons (Fsp3) is 0.125. The van der Waals surface area contributed by atoms with Gasteiger partial charge in [0.2, 0.25) is 5.28 Å². The number of aryl methyl sites for hydroxylation is 1. The van der Waals surface area contributed by atoms with Gasteiger partial charge in [0.15, 0.2) is 11.6 Å². The molecule has 4 nitrogen and oxygen atoms in total. The molecule has 0 saturated carbocycles. The molecule has 2 rings (SSSR count). The zero-order chi connectivity index (χ0) is 10.1. The van der Waals surface area contributed by atoms with Crippen LogP contribution in [0.4, 0.5) is 4.39 Å². The van der Waals surface area contributed by atoms with E-state index in [9.17, 15) is 4.39 Å². The molecule has 14 heavy (non-hydrogen) atoms. The minimum Gasteiger partial charge on any atom is -0.223 e. The van der Waals surface area contributed by atoms with E-state index in [4.69, 9.17) is 11.6 Å². The molecular weight excluding hydrogens is 207 g/mol. The lowest BCUT2D eigenvalue weighted by Gasteiger charge is -2.03. The zero-order valence-electron chi connectivity index (χ0n) is 7.28. The Morgan fingerprint density at radius 1 is 1.50 bits per heavy atom. The summed E-state index contributed by atoms with van der Waals surface area (Å²) in [6, 6.07) is 1.75. The molecule has 0 atom stereocenters. The molecular formula is C8H6ClFN4. The number of nitrogens with zero attached hydrogens (tertiary/aromatic N) is 4. The van der Waals surface area contributed by atoms with Gasteiger partial charge in [-0.25, -0.2) is 14.1 Å². The topological polar surface area (TPSA) is 43.6 Å². The molecule has 0 radical (unpaired) electrons. The highest BCUT2D eigenvalue weighted by Gasteiger charge is 2.10. The fourth-order valence-electron chi connectivity index (χ4n) is 1.08. The van der Waals surface area contributed by atoms with Gasteiger partial charge in [-0.05, 0) is 24.6 Å². The number of hydrogen-bond donors (Lipinski definition) is 0.